The van der Waals surface area contributed by atoms with E-state index in [1.165, 1.54) is 0 Å². The van der Waals surface area contributed by atoms with Crippen molar-refractivity contribution >= 4 is 29.1 Å². The molecule has 2 aromatic carbocycles. The zero-order chi connectivity index (χ0) is 15.2. The van der Waals surface area contributed by atoms with Gasteiger partial charge in [-0.3, -0.25) is 10.1 Å². The summed E-state index contributed by atoms with van der Waals surface area (Å²) in [4.78, 5) is 12.0. The zero-order valence-electron chi connectivity index (χ0n) is 10.7. The fraction of sp³-hybridized carbons (Fsp3) is 0.0667. The second kappa shape index (κ2) is 6.98. The molecule has 106 valence electrons. The number of nitrogens with zero attached hydrogens (tertiary/aromatic N) is 1. The maximum absolute atomic E-state index is 12.0. The number of nitriles is 1. The molecule has 0 saturated carbocycles. The molecule has 1 N–H and O–H groups in total. The Hall–Kier alpha value is -2.22. The van der Waals surface area contributed by atoms with Gasteiger partial charge in [-0.1, -0.05) is 35.3 Å². The number of rotatable bonds is 4. The van der Waals surface area contributed by atoms with Crippen LogP contribution in [0.1, 0.15) is 11.7 Å². The predicted octanol–water partition coefficient (Wildman–Crippen LogP) is 3.71. The number of halogens is 2. The molecule has 0 saturated heterocycles. The topological polar surface area (TPSA) is 62.1 Å². The molecule has 0 aliphatic heterocycles. The minimum atomic E-state index is -0.982. The Balaban J connectivity index is 2.30. The van der Waals surface area contributed by atoms with Crippen molar-refractivity contribution in [1.82, 2.24) is 5.32 Å². The van der Waals surface area contributed by atoms with Crippen molar-refractivity contribution in [3.63, 3.8) is 0 Å². The van der Waals surface area contributed by atoms with Crippen molar-refractivity contribution in [3.8, 4) is 11.9 Å². The molecule has 0 bridgehead atoms. The maximum Gasteiger partial charge on any atom is 0.278 e. The molecule has 4 nitrogen and oxygen atoms in total. The lowest BCUT2D eigenvalue weighted by Gasteiger charge is -2.17. The van der Waals surface area contributed by atoms with E-state index in [9.17, 15) is 4.79 Å². The molecule has 21 heavy (non-hydrogen) atoms. The van der Waals surface area contributed by atoms with E-state index in [0.29, 0.717) is 21.4 Å². The number of hydrogen-bond donors (Lipinski definition) is 1. The SMILES string of the molecule is N#CNC(=O)C(Oc1ccc(Cl)cc1)c1cccc(Cl)c1. The third-order valence-corrected chi connectivity index (χ3v) is 3.12. The smallest absolute Gasteiger partial charge is 0.278 e. The van der Waals surface area contributed by atoms with E-state index in [4.69, 9.17) is 33.2 Å². The Morgan fingerprint density at radius 1 is 1.14 bits per heavy atom. The van der Waals surface area contributed by atoms with Crippen LogP contribution in [0.15, 0.2) is 48.5 Å². The lowest BCUT2D eigenvalue weighted by atomic mass is 10.1. The molecule has 0 aromatic heterocycles. The van der Waals surface area contributed by atoms with Crippen LogP contribution in [0.5, 0.6) is 5.75 Å². The van der Waals surface area contributed by atoms with E-state index >= 15 is 0 Å². The summed E-state index contributed by atoms with van der Waals surface area (Å²) in [6, 6.07) is 13.3. The van der Waals surface area contributed by atoms with Crippen LogP contribution < -0.4 is 10.1 Å². The molecule has 0 fully saturated rings. The highest BCUT2D eigenvalue weighted by atomic mass is 35.5. The van der Waals surface area contributed by atoms with Crippen molar-refractivity contribution in [2.45, 2.75) is 6.10 Å². The summed E-state index contributed by atoms with van der Waals surface area (Å²) in [6.45, 7) is 0. The van der Waals surface area contributed by atoms with Gasteiger partial charge in [0.05, 0.1) is 0 Å². The molecule has 1 amide bonds. The highest BCUT2D eigenvalue weighted by molar-refractivity contribution is 6.30. The minimum Gasteiger partial charge on any atom is -0.476 e. The van der Waals surface area contributed by atoms with Crippen molar-refractivity contribution in [2.24, 2.45) is 0 Å². The Labute approximate surface area is 131 Å². The van der Waals surface area contributed by atoms with Gasteiger partial charge in [0, 0.05) is 15.6 Å². The lowest BCUT2D eigenvalue weighted by molar-refractivity contribution is -0.127. The van der Waals surface area contributed by atoms with Gasteiger partial charge in [0.1, 0.15) is 5.75 Å². The fourth-order valence-electron chi connectivity index (χ4n) is 1.71. The van der Waals surface area contributed by atoms with E-state index in [0.717, 1.165) is 0 Å². The first-order valence-electron chi connectivity index (χ1n) is 5.97. The fourth-order valence-corrected chi connectivity index (χ4v) is 2.04. The third kappa shape index (κ3) is 4.12. The average molecular weight is 321 g/mol. The number of carbonyl (C=O) groups excluding carboxylic acids is 1. The highest BCUT2D eigenvalue weighted by Crippen LogP contribution is 2.25. The second-order valence-electron chi connectivity index (χ2n) is 4.11. The summed E-state index contributed by atoms with van der Waals surface area (Å²) < 4.78 is 5.64. The Bertz CT molecular complexity index is 681. The molecule has 0 spiro atoms. The Kier molecular flexibility index (Phi) is 5.04. The second-order valence-corrected chi connectivity index (χ2v) is 4.98. The average Bonchev–Trinajstić information content (AvgIpc) is 2.47. The van der Waals surface area contributed by atoms with Gasteiger partial charge in [-0.05, 0) is 36.4 Å². The predicted molar refractivity (Wildman–Crippen MR) is 80.0 cm³/mol. The van der Waals surface area contributed by atoms with Gasteiger partial charge in [-0.2, -0.15) is 5.26 Å². The first kappa shape index (κ1) is 15.2. The molecule has 2 rings (SSSR count). The molecule has 2 aromatic rings. The maximum atomic E-state index is 12.0. The lowest BCUT2D eigenvalue weighted by Crippen LogP contribution is -2.29. The molecule has 0 aliphatic carbocycles. The third-order valence-electron chi connectivity index (χ3n) is 2.64. The number of ether oxygens (including phenoxy) is 1. The summed E-state index contributed by atoms with van der Waals surface area (Å²) in [6.07, 6.45) is 0.612. The van der Waals surface area contributed by atoms with Crippen LogP contribution in [0.3, 0.4) is 0 Å². The van der Waals surface area contributed by atoms with Gasteiger partial charge in [0.25, 0.3) is 5.91 Å². The van der Waals surface area contributed by atoms with Gasteiger partial charge >= 0.3 is 0 Å². The largest absolute Gasteiger partial charge is 0.476 e. The molecular weight excluding hydrogens is 311 g/mol. The zero-order valence-corrected chi connectivity index (χ0v) is 12.2. The molecular formula is C15H10Cl2N2O2. The van der Waals surface area contributed by atoms with Crippen molar-refractivity contribution in [1.29, 1.82) is 5.26 Å². The van der Waals surface area contributed by atoms with Crippen LogP contribution in [0.25, 0.3) is 0 Å². The number of hydrogen-bond acceptors (Lipinski definition) is 3. The van der Waals surface area contributed by atoms with Gasteiger partial charge in [0.2, 0.25) is 6.10 Å². The molecule has 0 aliphatic rings. The van der Waals surface area contributed by atoms with Gasteiger partial charge in [-0.15, -0.1) is 0 Å². The summed E-state index contributed by atoms with van der Waals surface area (Å²) in [5, 5.41) is 11.7. The molecule has 0 radical (unpaired) electrons. The monoisotopic (exact) mass is 320 g/mol. The number of carbonyl (C=O) groups is 1. The van der Waals surface area contributed by atoms with E-state index in [-0.39, 0.29) is 0 Å². The van der Waals surface area contributed by atoms with Crippen LogP contribution in [0.4, 0.5) is 0 Å². The Morgan fingerprint density at radius 2 is 1.86 bits per heavy atom. The molecule has 6 heteroatoms. The summed E-state index contributed by atoms with van der Waals surface area (Å²) in [5.74, 6) is -0.118. The van der Waals surface area contributed by atoms with Gasteiger partial charge in [-0.25, -0.2) is 0 Å². The van der Waals surface area contributed by atoms with Gasteiger partial charge in [0.15, 0.2) is 6.19 Å². The number of benzene rings is 2. The van der Waals surface area contributed by atoms with E-state index in [1.54, 1.807) is 54.7 Å². The molecule has 0 heterocycles. The molecule has 1 unspecified atom stereocenters. The van der Waals surface area contributed by atoms with Crippen molar-refractivity contribution in [3.05, 3.63) is 64.1 Å². The van der Waals surface area contributed by atoms with Crippen molar-refractivity contribution in [2.75, 3.05) is 0 Å². The van der Waals surface area contributed by atoms with E-state index in [1.807, 2.05) is 0 Å². The van der Waals surface area contributed by atoms with Crippen LogP contribution in [0.2, 0.25) is 10.0 Å². The standard InChI is InChI=1S/C15H10Cl2N2O2/c16-11-4-6-13(7-5-11)21-14(15(20)19-9-18)10-2-1-3-12(17)8-10/h1-8,14H,(H,19,20). The Morgan fingerprint density at radius 3 is 2.48 bits per heavy atom. The first-order chi connectivity index (χ1) is 10.1. The van der Waals surface area contributed by atoms with E-state index in [2.05, 4.69) is 5.32 Å². The summed E-state index contributed by atoms with van der Waals surface area (Å²) in [5.41, 5.74) is 0.546. The van der Waals surface area contributed by atoms with Crippen LogP contribution in [0, 0.1) is 11.5 Å². The minimum absolute atomic E-state index is 0.456. The first-order valence-corrected chi connectivity index (χ1v) is 6.72. The normalized spacial score (nSPS) is 11.3. The highest BCUT2D eigenvalue weighted by Gasteiger charge is 2.23. The van der Waals surface area contributed by atoms with Crippen LogP contribution >= 0.6 is 23.2 Å². The number of amides is 1. The van der Waals surface area contributed by atoms with Crippen LogP contribution in [-0.4, -0.2) is 5.91 Å². The van der Waals surface area contributed by atoms with E-state index < -0.39 is 12.0 Å². The number of nitrogens with one attached hydrogen (secondary N) is 1. The van der Waals surface area contributed by atoms with Crippen molar-refractivity contribution < 1.29 is 9.53 Å². The summed E-state index contributed by atoms with van der Waals surface area (Å²) in [7, 11) is 0. The van der Waals surface area contributed by atoms with Crippen LogP contribution in [-0.2, 0) is 4.79 Å². The summed E-state index contributed by atoms with van der Waals surface area (Å²) >= 11 is 11.7. The quantitative estimate of drug-likeness (QED) is 0.690. The van der Waals surface area contributed by atoms with Gasteiger partial charge < -0.3 is 4.74 Å². The molecule has 1 atom stereocenters.